The molecule has 2 N–H and O–H groups in total. The number of unbranched alkanes of at least 4 members (excludes halogenated alkanes) is 1. The molecule has 27 heavy (non-hydrogen) atoms. The minimum Gasteiger partial charge on any atom is -0.332 e. The highest BCUT2D eigenvalue weighted by Gasteiger charge is 2.04. The number of anilines is 2. The van der Waals surface area contributed by atoms with Crippen molar-refractivity contribution in [3.63, 3.8) is 0 Å². The van der Waals surface area contributed by atoms with Gasteiger partial charge in [-0.25, -0.2) is 0 Å². The van der Waals surface area contributed by atoms with Gasteiger partial charge < -0.3 is 10.6 Å². The van der Waals surface area contributed by atoms with Gasteiger partial charge in [-0.05, 0) is 60.8 Å². The van der Waals surface area contributed by atoms with Crippen LogP contribution >= 0.6 is 12.2 Å². The Balaban J connectivity index is 1.54. The highest BCUT2D eigenvalue weighted by Crippen LogP contribution is 2.13. The average Bonchev–Trinajstić information content (AvgIpc) is 3.10. The van der Waals surface area contributed by atoms with E-state index in [2.05, 4.69) is 78.1 Å². The van der Waals surface area contributed by atoms with E-state index in [9.17, 15) is 0 Å². The zero-order chi connectivity index (χ0) is 19.1. The monoisotopic (exact) mass is 378 g/mol. The van der Waals surface area contributed by atoms with Crippen LogP contribution in [0.4, 0.5) is 11.5 Å². The Bertz CT molecular complexity index is 883. The van der Waals surface area contributed by atoms with Crippen molar-refractivity contribution >= 4 is 28.8 Å². The molecular formula is C22H26N4S. The molecule has 0 bridgehead atoms. The van der Waals surface area contributed by atoms with E-state index in [1.54, 1.807) is 0 Å². The molecule has 1 aromatic heterocycles. The van der Waals surface area contributed by atoms with Crippen LogP contribution in [0.25, 0.3) is 0 Å². The predicted octanol–water partition coefficient (Wildman–Crippen LogP) is 5.39. The molecule has 5 heteroatoms. The van der Waals surface area contributed by atoms with Crippen molar-refractivity contribution in [1.29, 1.82) is 0 Å². The molecule has 3 rings (SSSR count). The van der Waals surface area contributed by atoms with Gasteiger partial charge in [-0.15, -0.1) is 0 Å². The highest BCUT2D eigenvalue weighted by molar-refractivity contribution is 7.80. The Morgan fingerprint density at radius 3 is 2.56 bits per heavy atom. The van der Waals surface area contributed by atoms with E-state index in [1.807, 2.05) is 16.9 Å². The van der Waals surface area contributed by atoms with E-state index >= 15 is 0 Å². The van der Waals surface area contributed by atoms with E-state index < -0.39 is 0 Å². The molecule has 0 aliphatic heterocycles. The summed E-state index contributed by atoms with van der Waals surface area (Å²) in [4.78, 5) is 0. The summed E-state index contributed by atoms with van der Waals surface area (Å²) in [5, 5.41) is 11.5. The lowest BCUT2D eigenvalue weighted by molar-refractivity contribution is 0.687. The predicted molar refractivity (Wildman–Crippen MR) is 117 cm³/mol. The second-order valence-electron chi connectivity index (χ2n) is 6.70. The standard InChI is InChI=1S/C22H26N4S/c1-3-4-8-18-10-12-20(13-11-18)23-22(27)24-21-14-15-26(25-21)16-19-9-6-5-7-17(19)2/h5-7,9-15H,3-4,8,16H2,1-2H3,(H2,23,24,25,27). The van der Waals surface area contributed by atoms with Crippen molar-refractivity contribution < 1.29 is 0 Å². The van der Waals surface area contributed by atoms with Crippen LogP contribution in [-0.4, -0.2) is 14.9 Å². The van der Waals surface area contributed by atoms with Gasteiger partial charge in [0.25, 0.3) is 0 Å². The number of nitrogens with zero attached hydrogens (tertiary/aromatic N) is 2. The first kappa shape index (κ1) is 19.1. The summed E-state index contributed by atoms with van der Waals surface area (Å²) >= 11 is 5.41. The maximum Gasteiger partial charge on any atom is 0.176 e. The van der Waals surface area contributed by atoms with E-state index in [4.69, 9.17) is 12.2 Å². The summed E-state index contributed by atoms with van der Waals surface area (Å²) in [7, 11) is 0. The molecule has 0 unspecified atom stereocenters. The largest absolute Gasteiger partial charge is 0.332 e. The third kappa shape index (κ3) is 5.66. The van der Waals surface area contributed by atoms with Crippen LogP contribution in [0.15, 0.2) is 60.8 Å². The molecule has 1 heterocycles. The molecule has 0 spiro atoms. The molecule has 0 radical (unpaired) electrons. The Morgan fingerprint density at radius 1 is 1.04 bits per heavy atom. The van der Waals surface area contributed by atoms with Crippen molar-refractivity contribution in [3.8, 4) is 0 Å². The fraction of sp³-hybridized carbons (Fsp3) is 0.273. The van der Waals surface area contributed by atoms with Gasteiger partial charge in [0.15, 0.2) is 10.9 Å². The fourth-order valence-electron chi connectivity index (χ4n) is 2.89. The first-order valence-electron chi connectivity index (χ1n) is 9.39. The van der Waals surface area contributed by atoms with Gasteiger partial charge in [0.2, 0.25) is 0 Å². The molecule has 2 aromatic carbocycles. The molecule has 0 amide bonds. The molecule has 0 aliphatic rings. The lowest BCUT2D eigenvalue weighted by atomic mass is 10.1. The van der Waals surface area contributed by atoms with Crippen LogP contribution in [0.1, 0.15) is 36.5 Å². The van der Waals surface area contributed by atoms with Gasteiger partial charge >= 0.3 is 0 Å². The lowest BCUT2D eigenvalue weighted by Crippen LogP contribution is -2.19. The van der Waals surface area contributed by atoms with Gasteiger partial charge in [-0.2, -0.15) is 5.10 Å². The van der Waals surface area contributed by atoms with Gasteiger partial charge in [0, 0.05) is 18.0 Å². The van der Waals surface area contributed by atoms with Crippen LogP contribution in [0, 0.1) is 6.92 Å². The second-order valence-corrected chi connectivity index (χ2v) is 7.11. The number of benzene rings is 2. The molecule has 0 aliphatic carbocycles. The topological polar surface area (TPSA) is 41.9 Å². The second kappa shape index (κ2) is 9.33. The number of hydrogen-bond donors (Lipinski definition) is 2. The summed E-state index contributed by atoms with van der Waals surface area (Å²) in [5.41, 5.74) is 4.86. The van der Waals surface area contributed by atoms with Crippen molar-refractivity contribution in [3.05, 3.63) is 77.5 Å². The average molecular weight is 379 g/mol. The van der Waals surface area contributed by atoms with E-state index in [-0.39, 0.29) is 0 Å². The molecular weight excluding hydrogens is 352 g/mol. The normalized spacial score (nSPS) is 10.6. The lowest BCUT2D eigenvalue weighted by Gasteiger charge is -2.09. The van der Waals surface area contributed by atoms with Crippen LogP contribution in [0.3, 0.4) is 0 Å². The zero-order valence-electron chi connectivity index (χ0n) is 15.9. The van der Waals surface area contributed by atoms with Crippen LogP contribution in [0.2, 0.25) is 0 Å². The van der Waals surface area contributed by atoms with Crippen molar-refractivity contribution in [2.24, 2.45) is 0 Å². The SMILES string of the molecule is CCCCc1ccc(NC(=S)Nc2ccn(Cc3ccccc3C)n2)cc1. The first-order chi connectivity index (χ1) is 13.1. The van der Waals surface area contributed by atoms with Gasteiger partial charge in [-0.1, -0.05) is 49.7 Å². The van der Waals surface area contributed by atoms with E-state index in [0.717, 1.165) is 24.5 Å². The molecule has 3 aromatic rings. The summed E-state index contributed by atoms with van der Waals surface area (Å²) in [6.07, 6.45) is 5.51. The fourth-order valence-corrected chi connectivity index (χ4v) is 3.12. The summed E-state index contributed by atoms with van der Waals surface area (Å²) in [6.45, 7) is 5.07. The van der Waals surface area contributed by atoms with E-state index in [0.29, 0.717) is 5.11 Å². The maximum atomic E-state index is 5.41. The number of hydrogen-bond acceptors (Lipinski definition) is 2. The van der Waals surface area contributed by atoms with Crippen molar-refractivity contribution in [2.45, 2.75) is 39.7 Å². The molecule has 0 saturated heterocycles. The van der Waals surface area contributed by atoms with Crippen molar-refractivity contribution in [1.82, 2.24) is 9.78 Å². The minimum atomic E-state index is 0.539. The maximum absolute atomic E-state index is 5.41. The Hall–Kier alpha value is -2.66. The van der Waals surface area contributed by atoms with Crippen LogP contribution in [0.5, 0.6) is 0 Å². The number of aryl methyl sites for hydroxylation is 2. The zero-order valence-corrected chi connectivity index (χ0v) is 16.7. The Morgan fingerprint density at radius 2 is 1.81 bits per heavy atom. The highest BCUT2D eigenvalue weighted by atomic mass is 32.1. The third-order valence-corrected chi connectivity index (χ3v) is 4.71. The molecule has 0 saturated carbocycles. The van der Waals surface area contributed by atoms with Gasteiger partial charge in [-0.3, -0.25) is 4.68 Å². The Labute approximate surface area is 166 Å². The van der Waals surface area contributed by atoms with Gasteiger partial charge in [0.1, 0.15) is 0 Å². The number of rotatable bonds is 7. The summed E-state index contributed by atoms with van der Waals surface area (Å²) in [5.74, 6) is 0.737. The van der Waals surface area contributed by atoms with Crippen LogP contribution in [-0.2, 0) is 13.0 Å². The molecule has 0 atom stereocenters. The van der Waals surface area contributed by atoms with E-state index in [1.165, 1.54) is 29.5 Å². The Kier molecular flexibility index (Phi) is 6.60. The quantitative estimate of drug-likeness (QED) is 0.541. The summed E-state index contributed by atoms with van der Waals surface area (Å²) < 4.78 is 1.91. The van der Waals surface area contributed by atoms with Gasteiger partial charge in [0.05, 0.1) is 6.54 Å². The third-order valence-electron chi connectivity index (χ3n) is 4.51. The number of nitrogens with one attached hydrogen (secondary N) is 2. The molecule has 0 fully saturated rings. The first-order valence-corrected chi connectivity index (χ1v) is 9.80. The smallest absolute Gasteiger partial charge is 0.176 e. The molecule has 4 nitrogen and oxygen atoms in total. The minimum absolute atomic E-state index is 0.539. The number of aromatic nitrogens is 2. The number of thiocarbonyl (C=S) groups is 1. The van der Waals surface area contributed by atoms with Crippen molar-refractivity contribution in [2.75, 3.05) is 10.6 Å². The molecule has 140 valence electrons. The summed E-state index contributed by atoms with van der Waals surface area (Å²) in [6, 6.07) is 18.7. The van der Waals surface area contributed by atoms with Crippen LogP contribution < -0.4 is 10.6 Å².